The SMILES string of the molecule is O=C(Nc1ccc2c3c(cccc13)CC2)c1ccc(C2SCC(=O)N2Cc2ccccc2)cc1. The first-order valence-corrected chi connectivity index (χ1v) is 12.6. The number of benzene rings is 4. The van der Waals surface area contributed by atoms with Crippen LogP contribution < -0.4 is 5.32 Å². The molecule has 6 rings (SSSR count). The van der Waals surface area contributed by atoms with Crippen LogP contribution in [-0.2, 0) is 24.2 Å². The van der Waals surface area contributed by atoms with Gasteiger partial charge in [-0.3, -0.25) is 9.59 Å². The molecule has 0 aromatic heterocycles. The fourth-order valence-electron chi connectivity index (χ4n) is 5.03. The zero-order valence-corrected chi connectivity index (χ0v) is 19.5. The van der Waals surface area contributed by atoms with Gasteiger partial charge in [0, 0.05) is 23.2 Å². The number of carbonyl (C=O) groups is 2. The Kier molecular flexibility index (Phi) is 5.34. The molecule has 2 aliphatic rings. The van der Waals surface area contributed by atoms with E-state index in [-0.39, 0.29) is 17.2 Å². The van der Waals surface area contributed by atoms with Gasteiger partial charge in [0.25, 0.3) is 5.91 Å². The molecular weight excluding hydrogens is 440 g/mol. The first-order chi connectivity index (χ1) is 16.7. The molecule has 1 aliphatic heterocycles. The largest absolute Gasteiger partial charge is 0.322 e. The third kappa shape index (κ3) is 3.76. The standard InChI is InChI=1S/C29H24N2O2S/c32-26-18-34-29(31(26)17-19-5-2-1-3-6-19)23-13-11-22(12-14-23)28(33)30-25-16-15-21-10-9-20-7-4-8-24(25)27(20)21/h1-8,11-16,29H,9-10,17-18H2,(H,30,33). The number of nitrogens with zero attached hydrogens (tertiary/aromatic N) is 1. The number of hydrogen-bond donors (Lipinski definition) is 1. The lowest BCUT2D eigenvalue weighted by Crippen LogP contribution is -2.27. The first-order valence-electron chi connectivity index (χ1n) is 11.6. The van der Waals surface area contributed by atoms with E-state index in [1.54, 1.807) is 11.8 Å². The molecule has 34 heavy (non-hydrogen) atoms. The highest BCUT2D eigenvalue weighted by molar-refractivity contribution is 8.00. The van der Waals surface area contributed by atoms with E-state index in [1.807, 2.05) is 65.6 Å². The van der Waals surface area contributed by atoms with Crippen molar-refractivity contribution in [2.75, 3.05) is 11.1 Å². The highest BCUT2D eigenvalue weighted by Crippen LogP contribution is 2.40. The van der Waals surface area contributed by atoms with Gasteiger partial charge >= 0.3 is 0 Å². The van der Waals surface area contributed by atoms with Crippen LogP contribution in [0.15, 0.2) is 84.9 Å². The number of rotatable bonds is 5. The van der Waals surface area contributed by atoms with Crippen molar-refractivity contribution in [3.8, 4) is 0 Å². The molecular formula is C29H24N2O2S. The minimum Gasteiger partial charge on any atom is -0.322 e. The van der Waals surface area contributed by atoms with Gasteiger partial charge in [-0.05, 0) is 58.7 Å². The zero-order valence-electron chi connectivity index (χ0n) is 18.7. The Balaban J connectivity index is 1.21. The maximum atomic E-state index is 13.1. The van der Waals surface area contributed by atoms with Gasteiger partial charge in [-0.1, -0.05) is 66.7 Å². The molecule has 1 atom stereocenters. The summed E-state index contributed by atoms with van der Waals surface area (Å²) in [5.74, 6) is 0.499. The number of nitrogens with one attached hydrogen (secondary N) is 1. The summed E-state index contributed by atoms with van der Waals surface area (Å²) in [6.07, 6.45) is 2.13. The topological polar surface area (TPSA) is 49.4 Å². The number of carbonyl (C=O) groups excluding carboxylic acids is 2. The first kappa shape index (κ1) is 21.0. The molecule has 1 N–H and O–H groups in total. The molecule has 168 valence electrons. The molecule has 0 spiro atoms. The van der Waals surface area contributed by atoms with Crippen molar-refractivity contribution in [1.29, 1.82) is 0 Å². The maximum absolute atomic E-state index is 13.1. The molecule has 1 unspecified atom stereocenters. The van der Waals surface area contributed by atoms with E-state index in [9.17, 15) is 9.59 Å². The number of anilines is 1. The minimum absolute atomic E-state index is 0.0404. The van der Waals surface area contributed by atoms with Gasteiger partial charge in [-0.15, -0.1) is 11.8 Å². The van der Waals surface area contributed by atoms with Crippen molar-refractivity contribution in [3.63, 3.8) is 0 Å². The highest BCUT2D eigenvalue weighted by atomic mass is 32.2. The number of hydrogen-bond acceptors (Lipinski definition) is 3. The van der Waals surface area contributed by atoms with Crippen LogP contribution in [0.2, 0.25) is 0 Å². The summed E-state index contributed by atoms with van der Waals surface area (Å²) in [4.78, 5) is 27.5. The highest BCUT2D eigenvalue weighted by Gasteiger charge is 2.32. The zero-order chi connectivity index (χ0) is 23.1. The smallest absolute Gasteiger partial charge is 0.255 e. The van der Waals surface area contributed by atoms with Crippen molar-refractivity contribution < 1.29 is 9.59 Å². The molecule has 1 fully saturated rings. The minimum atomic E-state index is -0.124. The summed E-state index contributed by atoms with van der Waals surface area (Å²) in [5, 5.41) is 5.47. The van der Waals surface area contributed by atoms with Crippen LogP contribution in [0.25, 0.3) is 10.8 Å². The Morgan fingerprint density at radius 2 is 1.65 bits per heavy atom. The van der Waals surface area contributed by atoms with Crippen molar-refractivity contribution in [2.24, 2.45) is 0 Å². The van der Waals surface area contributed by atoms with Crippen molar-refractivity contribution in [3.05, 3.63) is 113 Å². The normalized spacial score (nSPS) is 16.9. The van der Waals surface area contributed by atoms with Crippen LogP contribution in [0.1, 0.15) is 38.0 Å². The summed E-state index contributed by atoms with van der Waals surface area (Å²) in [7, 11) is 0. The Morgan fingerprint density at radius 1 is 0.882 bits per heavy atom. The third-order valence-electron chi connectivity index (χ3n) is 6.75. The summed E-state index contributed by atoms with van der Waals surface area (Å²) in [5.41, 5.74) is 6.32. The van der Waals surface area contributed by atoms with Gasteiger partial charge in [0.1, 0.15) is 5.37 Å². The van der Waals surface area contributed by atoms with E-state index >= 15 is 0 Å². The molecule has 0 radical (unpaired) electrons. The predicted molar refractivity (Wildman–Crippen MR) is 138 cm³/mol. The molecule has 4 nitrogen and oxygen atoms in total. The Bertz CT molecular complexity index is 1390. The molecule has 4 aromatic carbocycles. The lowest BCUT2D eigenvalue weighted by atomic mass is 10.0. The maximum Gasteiger partial charge on any atom is 0.255 e. The Hall–Kier alpha value is -3.57. The average molecular weight is 465 g/mol. The van der Waals surface area contributed by atoms with Gasteiger partial charge in [-0.25, -0.2) is 0 Å². The van der Waals surface area contributed by atoms with Crippen LogP contribution >= 0.6 is 11.8 Å². The van der Waals surface area contributed by atoms with Gasteiger partial charge in [0.15, 0.2) is 0 Å². The summed E-state index contributed by atoms with van der Waals surface area (Å²) in [6.45, 7) is 0.588. The molecule has 2 amide bonds. The molecule has 0 saturated carbocycles. The van der Waals surface area contributed by atoms with Crippen LogP contribution in [-0.4, -0.2) is 22.5 Å². The Morgan fingerprint density at radius 3 is 2.44 bits per heavy atom. The summed E-state index contributed by atoms with van der Waals surface area (Å²) in [6, 6.07) is 28.2. The van der Waals surface area contributed by atoms with Gasteiger partial charge < -0.3 is 10.2 Å². The molecule has 1 saturated heterocycles. The lowest BCUT2D eigenvalue weighted by Gasteiger charge is -2.24. The van der Waals surface area contributed by atoms with E-state index in [0.29, 0.717) is 17.9 Å². The second-order valence-electron chi connectivity index (χ2n) is 8.86. The van der Waals surface area contributed by atoms with E-state index in [4.69, 9.17) is 0 Å². The number of amides is 2. The van der Waals surface area contributed by atoms with E-state index in [1.165, 1.54) is 16.5 Å². The van der Waals surface area contributed by atoms with Gasteiger partial charge in [0.2, 0.25) is 5.91 Å². The third-order valence-corrected chi connectivity index (χ3v) is 8.00. The van der Waals surface area contributed by atoms with E-state index in [2.05, 4.69) is 29.6 Å². The van der Waals surface area contributed by atoms with Gasteiger partial charge in [0.05, 0.1) is 5.75 Å². The van der Waals surface area contributed by atoms with Gasteiger partial charge in [-0.2, -0.15) is 0 Å². The quantitative estimate of drug-likeness (QED) is 0.396. The molecule has 0 bridgehead atoms. The molecule has 4 aromatic rings. The molecule has 5 heteroatoms. The van der Waals surface area contributed by atoms with Crippen LogP contribution in [0.4, 0.5) is 5.69 Å². The second kappa shape index (κ2) is 8.65. The summed E-state index contributed by atoms with van der Waals surface area (Å²) < 4.78 is 0. The van der Waals surface area contributed by atoms with Crippen LogP contribution in [0.5, 0.6) is 0 Å². The van der Waals surface area contributed by atoms with Crippen LogP contribution in [0.3, 0.4) is 0 Å². The predicted octanol–water partition coefficient (Wildman–Crippen LogP) is 5.96. The van der Waals surface area contributed by atoms with E-state index in [0.717, 1.165) is 35.0 Å². The van der Waals surface area contributed by atoms with Crippen molar-refractivity contribution in [1.82, 2.24) is 4.90 Å². The Labute approximate surface area is 203 Å². The van der Waals surface area contributed by atoms with E-state index < -0.39 is 0 Å². The summed E-state index contributed by atoms with van der Waals surface area (Å²) >= 11 is 1.63. The number of aryl methyl sites for hydroxylation is 2. The van der Waals surface area contributed by atoms with Crippen molar-refractivity contribution >= 4 is 40.0 Å². The fraction of sp³-hybridized carbons (Fsp3) is 0.172. The second-order valence-corrected chi connectivity index (χ2v) is 9.93. The molecule has 1 aliphatic carbocycles. The van der Waals surface area contributed by atoms with Crippen molar-refractivity contribution in [2.45, 2.75) is 24.8 Å². The fourth-order valence-corrected chi connectivity index (χ4v) is 6.22. The lowest BCUT2D eigenvalue weighted by molar-refractivity contribution is -0.128. The molecule has 1 heterocycles. The average Bonchev–Trinajstić information content (AvgIpc) is 3.46. The number of thioether (sulfide) groups is 1. The van der Waals surface area contributed by atoms with Crippen LogP contribution in [0, 0.1) is 0 Å². The monoisotopic (exact) mass is 464 g/mol.